The first-order valence-electron chi connectivity index (χ1n) is 8.00. The molecule has 20 heavy (non-hydrogen) atoms. The monoisotopic (exact) mass is 271 g/mol. The highest BCUT2D eigenvalue weighted by atomic mass is 16.3. The third-order valence-corrected chi connectivity index (χ3v) is 4.56. The number of nitrogens with one attached hydrogen (secondary N) is 1. The summed E-state index contributed by atoms with van der Waals surface area (Å²) >= 11 is 0. The second-order valence-electron chi connectivity index (χ2n) is 6.08. The van der Waals surface area contributed by atoms with Gasteiger partial charge < -0.3 is 9.73 Å². The minimum atomic E-state index is 0.618. The molecular formula is C18H25NO. The molecule has 0 saturated heterocycles. The van der Waals surface area contributed by atoms with Gasteiger partial charge in [0.15, 0.2) is 0 Å². The van der Waals surface area contributed by atoms with Crippen LogP contribution in [-0.4, -0.2) is 6.04 Å². The third kappa shape index (κ3) is 2.62. The Morgan fingerprint density at radius 2 is 2.10 bits per heavy atom. The van der Waals surface area contributed by atoms with Crippen molar-refractivity contribution in [2.75, 3.05) is 0 Å². The Hall–Kier alpha value is -1.28. The Morgan fingerprint density at radius 3 is 2.75 bits per heavy atom. The molecule has 1 aromatic carbocycles. The van der Waals surface area contributed by atoms with Crippen LogP contribution in [0.2, 0.25) is 0 Å². The molecule has 1 heterocycles. The molecule has 1 aliphatic carbocycles. The molecule has 0 amide bonds. The van der Waals surface area contributed by atoms with E-state index >= 15 is 0 Å². The molecule has 2 nitrogen and oxygen atoms in total. The maximum absolute atomic E-state index is 6.07. The topological polar surface area (TPSA) is 25.2 Å². The molecule has 2 heteroatoms. The van der Waals surface area contributed by atoms with Crippen LogP contribution in [-0.2, 0) is 13.0 Å². The van der Waals surface area contributed by atoms with Crippen LogP contribution in [0.3, 0.4) is 0 Å². The number of furan rings is 1. The SMILES string of the molecule is CCc1c(CNC2CC2)oc2ccc(C(C)CC)cc12. The van der Waals surface area contributed by atoms with E-state index in [1.54, 1.807) is 0 Å². The fraction of sp³-hybridized carbons (Fsp3) is 0.556. The number of hydrogen-bond acceptors (Lipinski definition) is 2. The summed E-state index contributed by atoms with van der Waals surface area (Å²) in [6, 6.07) is 7.43. The molecule has 0 radical (unpaired) electrons. The largest absolute Gasteiger partial charge is 0.459 e. The van der Waals surface area contributed by atoms with E-state index in [9.17, 15) is 0 Å². The van der Waals surface area contributed by atoms with Crippen LogP contribution in [0.5, 0.6) is 0 Å². The van der Waals surface area contributed by atoms with Gasteiger partial charge in [0.2, 0.25) is 0 Å². The van der Waals surface area contributed by atoms with E-state index in [1.807, 2.05) is 0 Å². The van der Waals surface area contributed by atoms with Gasteiger partial charge in [0.25, 0.3) is 0 Å². The first-order valence-corrected chi connectivity index (χ1v) is 8.00. The van der Waals surface area contributed by atoms with Gasteiger partial charge in [-0.3, -0.25) is 0 Å². The van der Waals surface area contributed by atoms with E-state index in [4.69, 9.17) is 4.42 Å². The van der Waals surface area contributed by atoms with E-state index < -0.39 is 0 Å². The second kappa shape index (κ2) is 5.61. The number of fused-ring (bicyclic) bond motifs is 1. The lowest BCUT2D eigenvalue weighted by molar-refractivity contribution is 0.507. The average molecular weight is 271 g/mol. The van der Waals surface area contributed by atoms with Crippen LogP contribution < -0.4 is 5.32 Å². The Balaban J connectivity index is 1.95. The first kappa shape index (κ1) is 13.7. The predicted octanol–water partition coefficient (Wildman–Crippen LogP) is 4.76. The van der Waals surface area contributed by atoms with Crippen molar-refractivity contribution in [2.45, 2.75) is 65.0 Å². The summed E-state index contributed by atoms with van der Waals surface area (Å²) in [6.07, 6.45) is 4.86. The molecule has 2 aromatic rings. The van der Waals surface area contributed by atoms with Crippen molar-refractivity contribution in [1.82, 2.24) is 5.32 Å². The Kier molecular flexibility index (Phi) is 3.84. The van der Waals surface area contributed by atoms with Gasteiger partial charge in [-0.2, -0.15) is 0 Å². The van der Waals surface area contributed by atoms with E-state index in [0.29, 0.717) is 5.92 Å². The summed E-state index contributed by atoms with van der Waals surface area (Å²) in [5.74, 6) is 1.75. The predicted molar refractivity (Wildman–Crippen MR) is 84.2 cm³/mol. The van der Waals surface area contributed by atoms with E-state index in [0.717, 1.165) is 30.4 Å². The molecule has 108 valence electrons. The second-order valence-corrected chi connectivity index (χ2v) is 6.08. The van der Waals surface area contributed by atoms with Crippen molar-refractivity contribution in [3.63, 3.8) is 0 Å². The smallest absolute Gasteiger partial charge is 0.134 e. The Bertz CT molecular complexity index is 595. The molecule has 1 atom stereocenters. The summed E-state index contributed by atoms with van der Waals surface area (Å²) in [6.45, 7) is 7.64. The van der Waals surface area contributed by atoms with Crippen molar-refractivity contribution in [2.24, 2.45) is 0 Å². The number of rotatable bonds is 6. The molecule has 0 spiro atoms. The molecule has 1 aromatic heterocycles. The van der Waals surface area contributed by atoms with Gasteiger partial charge in [0.05, 0.1) is 6.54 Å². The van der Waals surface area contributed by atoms with Crippen LogP contribution in [0.15, 0.2) is 22.6 Å². The summed E-state index contributed by atoms with van der Waals surface area (Å²) in [5.41, 5.74) is 3.86. The van der Waals surface area contributed by atoms with Crippen LogP contribution in [0.25, 0.3) is 11.0 Å². The quantitative estimate of drug-likeness (QED) is 0.819. The van der Waals surface area contributed by atoms with E-state index in [2.05, 4.69) is 44.3 Å². The third-order valence-electron chi connectivity index (χ3n) is 4.56. The van der Waals surface area contributed by atoms with Crippen molar-refractivity contribution in [1.29, 1.82) is 0 Å². The maximum Gasteiger partial charge on any atom is 0.134 e. The summed E-state index contributed by atoms with van der Waals surface area (Å²) in [4.78, 5) is 0. The van der Waals surface area contributed by atoms with E-state index in [1.165, 1.54) is 35.8 Å². The first-order chi connectivity index (χ1) is 9.72. The lowest BCUT2D eigenvalue weighted by Crippen LogP contribution is -2.15. The number of aryl methyl sites for hydroxylation is 1. The molecule has 1 unspecified atom stereocenters. The van der Waals surface area contributed by atoms with Crippen molar-refractivity contribution < 1.29 is 4.42 Å². The van der Waals surface area contributed by atoms with Crippen LogP contribution >= 0.6 is 0 Å². The highest BCUT2D eigenvalue weighted by Crippen LogP contribution is 2.31. The van der Waals surface area contributed by atoms with Gasteiger partial charge in [-0.15, -0.1) is 0 Å². The summed E-state index contributed by atoms with van der Waals surface area (Å²) in [7, 11) is 0. The molecule has 1 saturated carbocycles. The zero-order valence-electron chi connectivity index (χ0n) is 12.8. The normalized spacial score (nSPS) is 16.8. The van der Waals surface area contributed by atoms with E-state index in [-0.39, 0.29) is 0 Å². The van der Waals surface area contributed by atoms with Crippen molar-refractivity contribution >= 4 is 11.0 Å². The zero-order chi connectivity index (χ0) is 14.1. The van der Waals surface area contributed by atoms with Crippen molar-refractivity contribution in [3.8, 4) is 0 Å². The zero-order valence-corrected chi connectivity index (χ0v) is 12.8. The summed E-state index contributed by atoms with van der Waals surface area (Å²) in [5, 5.41) is 4.88. The fourth-order valence-corrected chi connectivity index (χ4v) is 2.81. The molecule has 1 N–H and O–H groups in total. The van der Waals surface area contributed by atoms with Crippen LogP contribution in [0.1, 0.15) is 62.8 Å². The summed E-state index contributed by atoms with van der Waals surface area (Å²) < 4.78 is 6.07. The minimum absolute atomic E-state index is 0.618. The van der Waals surface area contributed by atoms with Gasteiger partial charge in [0.1, 0.15) is 11.3 Å². The van der Waals surface area contributed by atoms with Gasteiger partial charge in [-0.05, 0) is 49.3 Å². The van der Waals surface area contributed by atoms with Gasteiger partial charge in [-0.1, -0.05) is 26.8 Å². The standard InChI is InChI=1S/C18H25NO/c1-4-12(3)13-6-9-17-16(10-13)15(5-2)18(20-17)11-19-14-7-8-14/h6,9-10,12,14,19H,4-5,7-8,11H2,1-3H3. The molecule has 1 aliphatic rings. The van der Waals surface area contributed by atoms with Crippen LogP contribution in [0, 0.1) is 0 Å². The lowest BCUT2D eigenvalue weighted by Gasteiger charge is -2.08. The highest BCUT2D eigenvalue weighted by Gasteiger charge is 2.22. The highest BCUT2D eigenvalue weighted by molar-refractivity contribution is 5.83. The molecule has 0 bridgehead atoms. The van der Waals surface area contributed by atoms with Gasteiger partial charge in [0, 0.05) is 17.0 Å². The molecular weight excluding hydrogens is 246 g/mol. The van der Waals surface area contributed by atoms with Gasteiger partial charge >= 0.3 is 0 Å². The lowest BCUT2D eigenvalue weighted by atomic mass is 9.96. The van der Waals surface area contributed by atoms with Crippen LogP contribution in [0.4, 0.5) is 0 Å². The molecule has 1 fully saturated rings. The fourth-order valence-electron chi connectivity index (χ4n) is 2.81. The maximum atomic E-state index is 6.07. The number of hydrogen-bond donors (Lipinski definition) is 1. The Labute approximate surface area is 121 Å². The van der Waals surface area contributed by atoms with Gasteiger partial charge in [-0.25, -0.2) is 0 Å². The number of benzene rings is 1. The molecule has 3 rings (SSSR count). The molecule has 0 aliphatic heterocycles. The Morgan fingerprint density at radius 1 is 1.30 bits per heavy atom. The average Bonchev–Trinajstić information content (AvgIpc) is 3.23. The van der Waals surface area contributed by atoms with Crippen molar-refractivity contribution in [3.05, 3.63) is 35.1 Å². The minimum Gasteiger partial charge on any atom is -0.459 e.